The Morgan fingerprint density at radius 1 is 1.57 bits per heavy atom. The van der Waals surface area contributed by atoms with Crippen molar-refractivity contribution >= 4 is 0 Å². The van der Waals surface area contributed by atoms with Crippen LogP contribution in [0.1, 0.15) is 40.5 Å². The van der Waals surface area contributed by atoms with E-state index in [1.54, 1.807) is 0 Å². The Labute approximate surface area is 87.5 Å². The van der Waals surface area contributed by atoms with E-state index < -0.39 is 5.60 Å². The number of hydrogen-bond donors (Lipinski definition) is 1. The van der Waals surface area contributed by atoms with Crippen molar-refractivity contribution in [2.24, 2.45) is 11.3 Å². The summed E-state index contributed by atoms with van der Waals surface area (Å²) in [6, 6.07) is 0. The topological polar surface area (TPSA) is 20.2 Å². The highest BCUT2D eigenvalue weighted by molar-refractivity contribution is 5.19. The standard InChI is InChI=1S/C13H22O/c1-6-11(3)13(14)8-10(2)7-12(4,5)9-13/h6,8,11,14H,1,7,9H2,2-5H3/t11-,13-/m0/s1. The van der Waals surface area contributed by atoms with E-state index in [-0.39, 0.29) is 11.3 Å². The molecule has 1 heteroatoms. The van der Waals surface area contributed by atoms with Crippen molar-refractivity contribution in [3.05, 3.63) is 24.3 Å². The van der Waals surface area contributed by atoms with Crippen molar-refractivity contribution in [3.63, 3.8) is 0 Å². The lowest BCUT2D eigenvalue weighted by Gasteiger charge is -2.42. The average molecular weight is 194 g/mol. The Kier molecular flexibility index (Phi) is 2.91. The molecule has 1 nitrogen and oxygen atoms in total. The second kappa shape index (κ2) is 3.54. The molecule has 0 fully saturated rings. The van der Waals surface area contributed by atoms with Crippen molar-refractivity contribution in [2.45, 2.75) is 46.1 Å². The highest BCUT2D eigenvalue weighted by Crippen LogP contribution is 2.43. The van der Waals surface area contributed by atoms with Gasteiger partial charge in [-0.05, 0) is 25.2 Å². The smallest absolute Gasteiger partial charge is 0.0894 e. The summed E-state index contributed by atoms with van der Waals surface area (Å²) in [6.07, 6.45) is 5.76. The van der Waals surface area contributed by atoms with E-state index in [4.69, 9.17) is 0 Å². The first-order chi connectivity index (χ1) is 6.29. The molecule has 14 heavy (non-hydrogen) atoms. The van der Waals surface area contributed by atoms with Gasteiger partial charge in [0.2, 0.25) is 0 Å². The van der Waals surface area contributed by atoms with Crippen LogP contribution >= 0.6 is 0 Å². The highest BCUT2D eigenvalue weighted by Gasteiger charge is 2.39. The van der Waals surface area contributed by atoms with E-state index in [1.807, 2.05) is 19.1 Å². The molecule has 1 N–H and O–H groups in total. The Morgan fingerprint density at radius 3 is 2.57 bits per heavy atom. The van der Waals surface area contributed by atoms with Crippen molar-refractivity contribution in [1.29, 1.82) is 0 Å². The van der Waals surface area contributed by atoms with E-state index in [9.17, 15) is 5.11 Å². The fourth-order valence-corrected chi connectivity index (χ4v) is 2.61. The van der Waals surface area contributed by atoms with Gasteiger partial charge in [-0.3, -0.25) is 0 Å². The minimum absolute atomic E-state index is 0.122. The van der Waals surface area contributed by atoms with Crippen molar-refractivity contribution < 1.29 is 5.11 Å². The Morgan fingerprint density at radius 2 is 2.14 bits per heavy atom. The lowest BCUT2D eigenvalue weighted by atomic mass is 9.67. The third-order valence-electron chi connectivity index (χ3n) is 3.16. The van der Waals surface area contributed by atoms with Crippen LogP contribution in [-0.4, -0.2) is 10.7 Å². The lowest BCUT2D eigenvalue weighted by molar-refractivity contribution is 0.00182. The van der Waals surface area contributed by atoms with Gasteiger partial charge in [-0.2, -0.15) is 0 Å². The van der Waals surface area contributed by atoms with Gasteiger partial charge in [-0.1, -0.05) is 38.5 Å². The van der Waals surface area contributed by atoms with Gasteiger partial charge in [0, 0.05) is 5.92 Å². The first-order valence-electron chi connectivity index (χ1n) is 5.32. The molecule has 1 aliphatic rings. The van der Waals surface area contributed by atoms with Gasteiger partial charge in [0.1, 0.15) is 0 Å². The van der Waals surface area contributed by atoms with Gasteiger partial charge in [0.05, 0.1) is 5.60 Å². The highest BCUT2D eigenvalue weighted by atomic mass is 16.3. The molecule has 0 amide bonds. The largest absolute Gasteiger partial charge is 0.385 e. The zero-order valence-electron chi connectivity index (χ0n) is 9.80. The Bertz CT molecular complexity index is 262. The van der Waals surface area contributed by atoms with Crippen LogP contribution in [-0.2, 0) is 0 Å². The second-order valence-corrected chi connectivity index (χ2v) is 5.52. The summed E-state index contributed by atoms with van der Waals surface area (Å²) < 4.78 is 0. The summed E-state index contributed by atoms with van der Waals surface area (Å²) in [5, 5.41) is 10.5. The molecule has 0 aliphatic heterocycles. The number of rotatable bonds is 2. The molecule has 0 spiro atoms. The maximum Gasteiger partial charge on any atom is 0.0894 e. The molecule has 0 bridgehead atoms. The molecule has 1 aliphatic carbocycles. The van der Waals surface area contributed by atoms with E-state index in [1.165, 1.54) is 5.57 Å². The Balaban J connectivity index is 3.00. The van der Waals surface area contributed by atoms with Crippen LogP contribution in [0.25, 0.3) is 0 Å². The molecule has 0 heterocycles. The predicted octanol–water partition coefficient (Wildman–Crippen LogP) is 3.31. The molecular weight excluding hydrogens is 172 g/mol. The van der Waals surface area contributed by atoms with Crippen LogP contribution in [0.3, 0.4) is 0 Å². The molecule has 0 saturated heterocycles. The van der Waals surface area contributed by atoms with Crippen LogP contribution in [0.15, 0.2) is 24.3 Å². The fraction of sp³-hybridized carbons (Fsp3) is 0.692. The second-order valence-electron chi connectivity index (χ2n) is 5.52. The van der Waals surface area contributed by atoms with Gasteiger partial charge < -0.3 is 5.11 Å². The molecule has 80 valence electrons. The monoisotopic (exact) mass is 194 g/mol. The van der Waals surface area contributed by atoms with Gasteiger partial charge in [0.25, 0.3) is 0 Å². The van der Waals surface area contributed by atoms with Gasteiger partial charge >= 0.3 is 0 Å². The molecule has 0 radical (unpaired) electrons. The molecular formula is C13H22O. The number of allylic oxidation sites excluding steroid dienone is 1. The molecule has 0 aromatic rings. The third-order valence-corrected chi connectivity index (χ3v) is 3.16. The fourth-order valence-electron chi connectivity index (χ4n) is 2.61. The van der Waals surface area contributed by atoms with Crippen LogP contribution in [0, 0.1) is 11.3 Å². The zero-order valence-corrected chi connectivity index (χ0v) is 9.80. The van der Waals surface area contributed by atoms with Gasteiger partial charge in [-0.25, -0.2) is 0 Å². The van der Waals surface area contributed by atoms with Crippen LogP contribution in [0.4, 0.5) is 0 Å². The average Bonchev–Trinajstić information content (AvgIpc) is 1.98. The maximum absolute atomic E-state index is 10.5. The maximum atomic E-state index is 10.5. The summed E-state index contributed by atoms with van der Waals surface area (Å²) in [4.78, 5) is 0. The van der Waals surface area contributed by atoms with E-state index in [2.05, 4.69) is 27.4 Å². The summed E-state index contributed by atoms with van der Waals surface area (Å²) in [7, 11) is 0. The van der Waals surface area contributed by atoms with Crippen LogP contribution in [0.2, 0.25) is 0 Å². The third kappa shape index (κ3) is 2.27. The van der Waals surface area contributed by atoms with Crippen LogP contribution in [0.5, 0.6) is 0 Å². The minimum atomic E-state index is -0.687. The van der Waals surface area contributed by atoms with E-state index in [0.29, 0.717) is 0 Å². The predicted molar refractivity (Wildman–Crippen MR) is 61.1 cm³/mol. The SMILES string of the molecule is C=C[C@H](C)[C@]1(O)C=C(C)CC(C)(C)C1. The molecule has 0 aromatic carbocycles. The molecule has 0 aromatic heterocycles. The summed E-state index contributed by atoms with van der Waals surface area (Å²) in [6.45, 7) is 12.3. The zero-order chi connectivity index (χ0) is 11.0. The van der Waals surface area contributed by atoms with Crippen molar-refractivity contribution in [1.82, 2.24) is 0 Å². The molecule has 2 atom stereocenters. The summed E-state index contributed by atoms with van der Waals surface area (Å²) in [5.41, 5.74) is 0.802. The lowest BCUT2D eigenvalue weighted by Crippen LogP contribution is -2.41. The quantitative estimate of drug-likeness (QED) is 0.669. The molecule has 1 rings (SSSR count). The van der Waals surface area contributed by atoms with Gasteiger partial charge in [0.15, 0.2) is 0 Å². The Hall–Kier alpha value is -0.560. The van der Waals surface area contributed by atoms with E-state index >= 15 is 0 Å². The number of aliphatic hydroxyl groups is 1. The van der Waals surface area contributed by atoms with Gasteiger partial charge in [-0.15, -0.1) is 6.58 Å². The number of hydrogen-bond acceptors (Lipinski definition) is 1. The summed E-state index contributed by atoms with van der Waals surface area (Å²) in [5.74, 6) is 0.122. The first-order valence-corrected chi connectivity index (χ1v) is 5.32. The minimum Gasteiger partial charge on any atom is -0.385 e. The summed E-state index contributed by atoms with van der Waals surface area (Å²) >= 11 is 0. The van der Waals surface area contributed by atoms with Crippen molar-refractivity contribution in [2.75, 3.05) is 0 Å². The van der Waals surface area contributed by atoms with E-state index in [0.717, 1.165) is 12.8 Å². The molecule has 0 unspecified atom stereocenters. The first kappa shape index (κ1) is 11.5. The van der Waals surface area contributed by atoms with Crippen molar-refractivity contribution in [3.8, 4) is 0 Å². The molecule has 0 saturated carbocycles. The normalized spacial score (nSPS) is 33.4. The van der Waals surface area contributed by atoms with Crippen LogP contribution < -0.4 is 0 Å².